The number of esters is 1. The van der Waals surface area contributed by atoms with Crippen LogP contribution in [0, 0.1) is 5.82 Å². The fourth-order valence-electron chi connectivity index (χ4n) is 2.57. The topological polar surface area (TPSA) is 84.9 Å². The molecule has 0 saturated heterocycles. The van der Waals surface area contributed by atoms with Gasteiger partial charge in [0.15, 0.2) is 6.10 Å². The molecule has 7 heteroatoms. The predicted octanol–water partition coefficient (Wildman–Crippen LogP) is 1.99. The Hall–Kier alpha value is -2.77. The van der Waals surface area contributed by atoms with Crippen molar-refractivity contribution >= 4 is 11.9 Å². The van der Waals surface area contributed by atoms with Gasteiger partial charge in [0.2, 0.25) is 5.91 Å². The van der Waals surface area contributed by atoms with E-state index in [0.29, 0.717) is 5.56 Å². The van der Waals surface area contributed by atoms with Gasteiger partial charge in [-0.1, -0.05) is 42.5 Å². The Morgan fingerprint density at radius 1 is 1.07 bits per heavy atom. The van der Waals surface area contributed by atoms with Crippen LogP contribution in [0.3, 0.4) is 0 Å². The van der Waals surface area contributed by atoms with Crippen molar-refractivity contribution < 1.29 is 28.6 Å². The van der Waals surface area contributed by atoms with Crippen LogP contribution in [0.1, 0.15) is 18.1 Å². The molecule has 28 heavy (non-hydrogen) atoms. The summed E-state index contributed by atoms with van der Waals surface area (Å²) in [4.78, 5) is 24.2. The number of methoxy groups -OCH3 is 1. The monoisotopic (exact) mass is 389 g/mol. The molecule has 2 rings (SSSR count). The maximum absolute atomic E-state index is 13.1. The van der Waals surface area contributed by atoms with Crippen molar-refractivity contribution in [2.75, 3.05) is 7.11 Å². The Morgan fingerprint density at radius 3 is 2.32 bits per heavy atom. The lowest BCUT2D eigenvalue weighted by atomic mass is 10.0. The average molecular weight is 389 g/mol. The number of carbonyl (C=O) groups excluding carboxylic acids is 2. The van der Waals surface area contributed by atoms with E-state index in [0.717, 1.165) is 12.7 Å². The van der Waals surface area contributed by atoms with Crippen LogP contribution in [0.4, 0.5) is 4.39 Å². The van der Waals surface area contributed by atoms with Crippen LogP contribution in [0.15, 0.2) is 54.6 Å². The summed E-state index contributed by atoms with van der Waals surface area (Å²) in [7, 11) is 1.15. The molecule has 150 valence electrons. The molecule has 2 N–H and O–H groups in total. The van der Waals surface area contributed by atoms with Gasteiger partial charge in [-0.15, -0.1) is 0 Å². The first kappa shape index (κ1) is 21.5. The summed E-state index contributed by atoms with van der Waals surface area (Å²) >= 11 is 0. The molecule has 0 fully saturated rings. The Bertz CT molecular complexity index is 766. The third kappa shape index (κ3) is 6.44. The number of aliphatic hydroxyl groups is 1. The second-order valence-electron chi connectivity index (χ2n) is 6.35. The highest BCUT2D eigenvalue weighted by molar-refractivity contribution is 5.82. The second-order valence-corrected chi connectivity index (χ2v) is 6.35. The minimum Gasteiger partial charge on any atom is -0.467 e. The number of amides is 1. The summed E-state index contributed by atoms with van der Waals surface area (Å²) in [6.07, 6.45) is -2.26. The largest absolute Gasteiger partial charge is 0.467 e. The maximum atomic E-state index is 13.1. The molecule has 0 bridgehead atoms. The van der Waals surface area contributed by atoms with E-state index < -0.39 is 35.9 Å². The zero-order valence-corrected chi connectivity index (χ0v) is 15.8. The highest BCUT2D eigenvalue weighted by atomic mass is 19.1. The SMILES string of the molecule is COC(=O)C(O)[C@@H](Cc1ccc(F)cc1)NC(=O)[C@@H](C)OCc1ccccc1. The van der Waals surface area contributed by atoms with Gasteiger partial charge < -0.3 is 19.9 Å². The fourth-order valence-corrected chi connectivity index (χ4v) is 2.57. The van der Waals surface area contributed by atoms with Gasteiger partial charge in [-0.25, -0.2) is 9.18 Å². The summed E-state index contributed by atoms with van der Waals surface area (Å²) < 4.78 is 23.2. The smallest absolute Gasteiger partial charge is 0.336 e. The Morgan fingerprint density at radius 2 is 1.71 bits per heavy atom. The number of halogens is 1. The number of ether oxygens (including phenoxy) is 2. The van der Waals surface area contributed by atoms with Crippen molar-refractivity contribution in [2.24, 2.45) is 0 Å². The molecule has 0 aromatic heterocycles. The van der Waals surface area contributed by atoms with E-state index in [1.165, 1.54) is 24.3 Å². The standard InChI is InChI=1S/C21H24FNO5/c1-14(28-13-16-6-4-3-5-7-16)20(25)23-18(19(24)21(26)27-2)12-15-8-10-17(22)11-9-15/h3-11,14,18-19,24H,12-13H2,1-2H3,(H,23,25)/t14-,18-,19?/m1/s1. The van der Waals surface area contributed by atoms with Gasteiger partial charge in [0.1, 0.15) is 11.9 Å². The molecule has 0 saturated carbocycles. The molecule has 0 aliphatic carbocycles. The van der Waals surface area contributed by atoms with Gasteiger partial charge >= 0.3 is 5.97 Å². The van der Waals surface area contributed by atoms with Gasteiger partial charge in [-0.2, -0.15) is 0 Å². The van der Waals surface area contributed by atoms with E-state index in [-0.39, 0.29) is 13.0 Å². The maximum Gasteiger partial charge on any atom is 0.336 e. The zero-order chi connectivity index (χ0) is 20.5. The number of hydrogen-bond donors (Lipinski definition) is 2. The van der Waals surface area contributed by atoms with Crippen molar-refractivity contribution in [3.63, 3.8) is 0 Å². The fraction of sp³-hybridized carbons (Fsp3) is 0.333. The zero-order valence-electron chi connectivity index (χ0n) is 15.8. The summed E-state index contributed by atoms with van der Waals surface area (Å²) in [5.74, 6) is -1.75. The molecule has 3 atom stereocenters. The van der Waals surface area contributed by atoms with E-state index in [9.17, 15) is 19.1 Å². The third-order valence-corrected chi connectivity index (χ3v) is 4.23. The summed E-state index contributed by atoms with van der Waals surface area (Å²) in [5, 5.41) is 12.9. The Kier molecular flexibility index (Phi) is 8.10. The molecule has 1 amide bonds. The highest BCUT2D eigenvalue weighted by Crippen LogP contribution is 2.11. The lowest BCUT2D eigenvalue weighted by Gasteiger charge is -2.24. The van der Waals surface area contributed by atoms with Crippen LogP contribution < -0.4 is 5.32 Å². The van der Waals surface area contributed by atoms with E-state index in [1.54, 1.807) is 6.92 Å². The minimum atomic E-state index is -1.57. The number of carbonyl (C=O) groups is 2. The van der Waals surface area contributed by atoms with Crippen molar-refractivity contribution in [1.82, 2.24) is 5.32 Å². The molecule has 0 radical (unpaired) electrons. The minimum absolute atomic E-state index is 0.119. The quantitative estimate of drug-likeness (QED) is 0.641. The molecule has 0 spiro atoms. The first-order chi connectivity index (χ1) is 13.4. The van der Waals surface area contributed by atoms with Gasteiger partial charge in [0.05, 0.1) is 19.8 Å². The number of rotatable bonds is 9. The Labute approximate surface area is 163 Å². The summed E-state index contributed by atoms with van der Waals surface area (Å²) in [5.41, 5.74) is 1.56. The molecule has 2 aromatic rings. The molecule has 2 aromatic carbocycles. The lowest BCUT2D eigenvalue weighted by molar-refractivity contribution is -0.152. The van der Waals surface area contributed by atoms with E-state index in [2.05, 4.69) is 10.1 Å². The average Bonchev–Trinajstić information content (AvgIpc) is 2.72. The van der Waals surface area contributed by atoms with Gasteiger partial charge in [0, 0.05) is 0 Å². The molecule has 6 nitrogen and oxygen atoms in total. The van der Waals surface area contributed by atoms with Crippen molar-refractivity contribution in [1.29, 1.82) is 0 Å². The van der Waals surface area contributed by atoms with Crippen LogP contribution in [0.25, 0.3) is 0 Å². The van der Waals surface area contributed by atoms with E-state index >= 15 is 0 Å². The summed E-state index contributed by atoms with van der Waals surface area (Å²) in [6, 6.07) is 14.0. The molecular formula is C21H24FNO5. The van der Waals surface area contributed by atoms with Crippen LogP contribution in [0.5, 0.6) is 0 Å². The third-order valence-electron chi connectivity index (χ3n) is 4.23. The van der Waals surface area contributed by atoms with Crippen molar-refractivity contribution in [2.45, 2.75) is 38.2 Å². The first-order valence-corrected chi connectivity index (χ1v) is 8.87. The second kappa shape index (κ2) is 10.5. The molecule has 0 heterocycles. The molecule has 1 unspecified atom stereocenters. The van der Waals surface area contributed by atoms with E-state index in [4.69, 9.17) is 4.74 Å². The van der Waals surface area contributed by atoms with Gasteiger partial charge in [-0.3, -0.25) is 4.79 Å². The van der Waals surface area contributed by atoms with Crippen LogP contribution >= 0.6 is 0 Å². The predicted molar refractivity (Wildman–Crippen MR) is 101 cm³/mol. The molecule has 0 aliphatic heterocycles. The number of nitrogens with one attached hydrogen (secondary N) is 1. The van der Waals surface area contributed by atoms with Gasteiger partial charge in [0.25, 0.3) is 0 Å². The van der Waals surface area contributed by atoms with Crippen molar-refractivity contribution in [3.8, 4) is 0 Å². The first-order valence-electron chi connectivity index (χ1n) is 8.87. The van der Waals surface area contributed by atoms with Crippen LogP contribution in [-0.2, 0) is 32.1 Å². The van der Waals surface area contributed by atoms with Crippen molar-refractivity contribution in [3.05, 3.63) is 71.5 Å². The highest BCUT2D eigenvalue weighted by Gasteiger charge is 2.30. The van der Waals surface area contributed by atoms with E-state index in [1.807, 2.05) is 30.3 Å². The van der Waals surface area contributed by atoms with Crippen LogP contribution in [-0.4, -0.2) is 42.3 Å². The summed E-state index contributed by atoms with van der Waals surface area (Å²) in [6.45, 7) is 1.83. The number of aliphatic hydroxyl groups excluding tert-OH is 1. The normalized spacial score (nSPS) is 14.0. The Balaban J connectivity index is 2.01. The molecule has 0 aliphatic rings. The lowest BCUT2D eigenvalue weighted by Crippen LogP contribution is -2.51. The number of benzene rings is 2. The van der Waals surface area contributed by atoms with Gasteiger partial charge in [-0.05, 0) is 36.6 Å². The number of hydrogen-bond acceptors (Lipinski definition) is 5. The van der Waals surface area contributed by atoms with Crippen LogP contribution in [0.2, 0.25) is 0 Å². The molecular weight excluding hydrogens is 365 g/mol.